The molecule has 0 radical (unpaired) electrons. The Morgan fingerprint density at radius 3 is 2.58 bits per heavy atom. The zero-order chi connectivity index (χ0) is 9.19. The molecule has 1 fully saturated rings. The summed E-state index contributed by atoms with van der Waals surface area (Å²) in [4.78, 5) is 0. The Morgan fingerprint density at radius 2 is 2.17 bits per heavy atom. The molecular weight excluding hydrogens is 153 g/mol. The first-order valence-electron chi connectivity index (χ1n) is 4.86. The van der Waals surface area contributed by atoms with E-state index in [4.69, 9.17) is 0 Å². The van der Waals surface area contributed by atoms with Crippen molar-refractivity contribution in [1.82, 2.24) is 5.32 Å². The number of hydrogen-bond donors (Lipinski definition) is 1. The Balaban J connectivity index is 2.31. The summed E-state index contributed by atoms with van der Waals surface area (Å²) in [5.74, 6) is 0. The van der Waals surface area contributed by atoms with E-state index in [0.29, 0.717) is 6.42 Å². The van der Waals surface area contributed by atoms with E-state index in [9.17, 15) is 4.39 Å². The second kappa shape index (κ2) is 3.73. The highest BCUT2D eigenvalue weighted by Crippen LogP contribution is 2.26. The summed E-state index contributed by atoms with van der Waals surface area (Å²) in [5.41, 5.74) is 0.115. The topological polar surface area (TPSA) is 12.0 Å². The fraction of sp³-hybridized carbons (Fsp3) is 1.00. The smallest absolute Gasteiger partial charge is 0.116 e. The quantitative estimate of drug-likeness (QED) is 0.676. The van der Waals surface area contributed by atoms with Crippen molar-refractivity contribution < 1.29 is 4.39 Å². The van der Waals surface area contributed by atoms with Gasteiger partial charge in [-0.1, -0.05) is 20.8 Å². The Morgan fingerprint density at radius 1 is 1.50 bits per heavy atom. The van der Waals surface area contributed by atoms with Crippen LogP contribution in [0.3, 0.4) is 0 Å². The van der Waals surface area contributed by atoms with Crippen molar-refractivity contribution in [3.05, 3.63) is 0 Å². The van der Waals surface area contributed by atoms with Crippen molar-refractivity contribution in [1.29, 1.82) is 0 Å². The number of nitrogens with one attached hydrogen (secondary N) is 1. The molecule has 1 aliphatic heterocycles. The van der Waals surface area contributed by atoms with Crippen LogP contribution >= 0.6 is 0 Å². The third kappa shape index (κ3) is 3.10. The van der Waals surface area contributed by atoms with Gasteiger partial charge >= 0.3 is 0 Å². The monoisotopic (exact) mass is 173 g/mol. The molecule has 1 saturated heterocycles. The maximum Gasteiger partial charge on any atom is 0.116 e. The Kier molecular flexibility index (Phi) is 3.10. The second-order valence-corrected chi connectivity index (χ2v) is 4.98. The normalized spacial score (nSPS) is 27.5. The van der Waals surface area contributed by atoms with Crippen LogP contribution in [0.5, 0.6) is 0 Å². The number of alkyl halides is 1. The molecule has 0 aromatic carbocycles. The van der Waals surface area contributed by atoms with Gasteiger partial charge in [-0.25, -0.2) is 4.39 Å². The van der Waals surface area contributed by atoms with Crippen molar-refractivity contribution in [2.45, 2.75) is 52.2 Å². The average Bonchev–Trinajstić information content (AvgIpc) is 2.32. The van der Waals surface area contributed by atoms with E-state index < -0.39 is 6.17 Å². The SMILES string of the molecule is CC(C)(C)CC(F)C1CCCN1. The minimum atomic E-state index is -0.660. The van der Waals surface area contributed by atoms with Gasteiger partial charge in [0.25, 0.3) is 0 Å². The zero-order valence-electron chi connectivity index (χ0n) is 8.36. The van der Waals surface area contributed by atoms with Gasteiger partial charge in [0, 0.05) is 6.04 Å². The first kappa shape index (κ1) is 9.97. The van der Waals surface area contributed by atoms with Gasteiger partial charge in [0.1, 0.15) is 6.17 Å². The molecule has 1 nitrogen and oxygen atoms in total. The molecule has 0 aliphatic carbocycles. The fourth-order valence-electron chi connectivity index (χ4n) is 1.75. The Bertz CT molecular complexity index is 133. The van der Waals surface area contributed by atoms with Crippen molar-refractivity contribution in [2.24, 2.45) is 5.41 Å². The van der Waals surface area contributed by atoms with Crippen molar-refractivity contribution in [3.8, 4) is 0 Å². The summed E-state index contributed by atoms with van der Waals surface area (Å²) in [6, 6.07) is 0.129. The molecule has 1 N–H and O–H groups in total. The van der Waals surface area contributed by atoms with Gasteiger partial charge in [-0.3, -0.25) is 0 Å². The van der Waals surface area contributed by atoms with Crippen LogP contribution in [-0.4, -0.2) is 18.8 Å². The molecule has 0 aromatic rings. The molecule has 0 spiro atoms. The van der Waals surface area contributed by atoms with Crippen LogP contribution in [0.4, 0.5) is 4.39 Å². The van der Waals surface area contributed by atoms with E-state index >= 15 is 0 Å². The van der Waals surface area contributed by atoms with Crippen LogP contribution in [-0.2, 0) is 0 Å². The maximum absolute atomic E-state index is 13.5. The van der Waals surface area contributed by atoms with Crippen molar-refractivity contribution in [3.63, 3.8) is 0 Å². The minimum Gasteiger partial charge on any atom is -0.311 e. The molecule has 2 unspecified atom stereocenters. The second-order valence-electron chi connectivity index (χ2n) is 4.98. The standard InChI is InChI=1S/C10H20FN/c1-10(2,3)7-8(11)9-5-4-6-12-9/h8-9,12H,4-7H2,1-3H3. The summed E-state index contributed by atoms with van der Waals surface area (Å²) in [6.07, 6.45) is 2.16. The van der Waals surface area contributed by atoms with Gasteiger partial charge in [0.2, 0.25) is 0 Å². The van der Waals surface area contributed by atoms with Gasteiger partial charge < -0.3 is 5.32 Å². The third-order valence-electron chi connectivity index (χ3n) is 2.34. The van der Waals surface area contributed by atoms with E-state index in [1.165, 1.54) is 0 Å². The number of halogens is 1. The predicted octanol–water partition coefficient (Wildman–Crippen LogP) is 2.51. The molecule has 1 heterocycles. The molecule has 0 aromatic heterocycles. The lowest BCUT2D eigenvalue weighted by molar-refractivity contribution is 0.185. The molecule has 0 bridgehead atoms. The summed E-state index contributed by atoms with van der Waals surface area (Å²) >= 11 is 0. The molecular formula is C10H20FN. The first-order chi connectivity index (χ1) is 5.49. The molecule has 0 amide bonds. The maximum atomic E-state index is 13.5. The van der Waals surface area contributed by atoms with Crippen molar-refractivity contribution in [2.75, 3.05) is 6.54 Å². The van der Waals surface area contributed by atoms with Gasteiger partial charge in [-0.05, 0) is 31.2 Å². The van der Waals surface area contributed by atoms with Gasteiger partial charge in [0.05, 0.1) is 0 Å². The van der Waals surface area contributed by atoms with E-state index in [1.54, 1.807) is 0 Å². The lowest BCUT2D eigenvalue weighted by atomic mass is 9.87. The van der Waals surface area contributed by atoms with Crippen LogP contribution in [0.15, 0.2) is 0 Å². The minimum absolute atomic E-state index is 0.115. The summed E-state index contributed by atoms with van der Waals surface area (Å²) in [5, 5.41) is 3.20. The number of hydrogen-bond acceptors (Lipinski definition) is 1. The molecule has 12 heavy (non-hydrogen) atoms. The van der Waals surface area contributed by atoms with Crippen LogP contribution in [0.1, 0.15) is 40.0 Å². The summed E-state index contributed by atoms with van der Waals surface area (Å²) in [7, 11) is 0. The van der Waals surface area contributed by atoms with Crippen molar-refractivity contribution >= 4 is 0 Å². The Labute approximate surface area is 74.7 Å². The van der Waals surface area contributed by atoms with E-state index in [-0.39, 0.29) is 11.5 Å². The molecule has 2 atom stereocenters. The van der Waals surface area contributed by atoms with Gasteiger partial charge in [-0.15, -0.1) is 0 Å². The fourth-order valence-corrected chi connectivity index (χ4v) is 1.75. The highest BCUT2D eigenvalue weighted by Gasteiger charge is 2.27. The largest absolute Gasteiger partial charge is 0.311 e. The molecule has 1 aliphatic rings. The molecule has 72 valence electrons. The highest BCUT2D eigenvalue weighted by atomic mass is 19.1. The molecule has 1 rings (SSSR count). The summed E-state index contributed by atoms with van der Waals surface area (Å²) < 4.78 is 13.5. The number of rotatable bonds is 2. The van der Waals surface area contributed by atoms with Crippen LogP contribution < -0.4 is 5.32 Å². The van der Waals surface area contributed by atoms with E-state index in [2.05, 4.69) is 26.1 Å². The third-order valence-corrected chi connectivity index (χ3v) is 2.34. The summed E-state index contributed by atoms with van der Waals surface area (Å²) in [6.45, 7) is 7.27. The molecule has 2 heteroatoms. The van der Waals surface area contributed by atoms with Gasteiger partial charge in [0.15, 0.2) is 0 Å². The van der Waals surface area contributed by atoms with E-state index in [0.717, 1.165) is 19.4 Å². The zero-order valence-corrected chi connectivity index (χ0v) is 8.36. The van der Waals surface area contributed by atoms with Crippen LogP contribution in [0, 0.1) is 5.41 Å². The molecule has 0 saturated carbocycles. The highest BCUT2D eigenvalue weighted by molar-refractivity contribution is 4.84. The Hall–Kier alpha value is -0.110. The average molecular weight is 173 g/mol. The van der Waals surface area contributed by atoms with Gasteiger partial charge in [-0.2, -0.15) is 0 Å². The van der Waals surface area contributed by atoms with E-state index in [1.807, 2.05) is 0 Å². The lowest BCUT2D eigenvalue weighted by Gasteiger charge is -2.24. The van der Waals surface area contributed by atoms with Crippen LogP contribution in [0.25, 0.3) is 0 Å². The predicted molar refractivity (Wildman–Crippen MR) is 50.0 cm³/mol. The van der Waals surface area contributed by atoms with Crippen LogP contribution in [0.2, 0.25) is 0 Å². The first-order valence-corrected chi connectivity index (χ1v) is 4.86. The lowest BCUT2D eigenvalue weighted by Crippen LogP contribution is -2.34.